The van der Waals surface area contributed by atoms with Crippen LogP contribution in [0, 0.1) is 11.3 Å². The van der Waals surface area contributed by atoms with E-state index < -0.39 is 0 Å². The molecule has 172 valence electrons. The summed E-state index contributed by atoms with van der Waals surface area (Å²) in [6.07, 6.45) is 4.47. The Morgan fingerprint density at radius 1 is 1.15 bits per heavy atom. The van der Waals surface area contributed by atoms with Gasteiger partial charge in [0.1, 0.15) is 17.8 Å². The number of likely N-dealkylation sites (tertiary alicyclic amines) is 1. The zero-order valence-electron chi connectivity index (χ0n) is 19.4. The Kier molecular flexibility index (Phi) is 4.67. The molecule has 0 unspecified atom stereocenters. The fraction of sp³-hybridized carbons (Fsp3) is 0.308. The predicted octanol–water partition coefficient (Wildman–Crippen LogP) is 3.60. The second-order valence-corrected chi connectivity index (χ2v) is 9.43. The second kappa shape index (κ2) is 7.63. The van der Waals surface area contributed by atoms with E-state index in [1.807, 2.05) is 55.7 Å². The lowest BCUT2D eigenvalue weighted by atomic mass is 10.0. The average molecular weight is 455 g/mol. The third kappa shape index (κ3) is 3.25. The molecule has 1 saturated heterocycles. The SMILES string of the molecule is COc1cc2ncnc(-c3cn(C)nc3-c3ccccc3)c2cc1NC(=O)[C@@]12C[C@@H]1CN(C)C2. The van der Waals surface area contributed by atoms with Crippen LogP contribution in [0.2, 0.25) is 0 Å². The number of nitrogens with one attached hydrogen (secondary N) is 1. The van der Waals surface area contributed by atoms with Gasteiger partial charge in [-0.05, 0) is 25.5 Å². The Labute approximate surface area is 197 Å². The molecule has 2 atom stereocenters. The number of nitrogens with zero attached hydrogens (tertiary/aromatic N) is 5. The number of methoxy groups -OCH3 is 1. The Bertz CT molecular complexity index is 1420. The Hall–Kier alpha value is -3.78. The van der Waals surface area contributed by atoms with E-state index in [0.717, 1.165) is 52.9 Å². The maximum atomic E-state index is 13.3. The van der Waals surface area contributed by atoms with Crippen molar-refractivity contribution in [3.8, 4) is 28.3 Å². The van der Waals surface area contributed by atoms with Crippen LogP contribution in [0.1, 0.15) is 6.42 Å². The Morgan fingerprint density at radius 3 is 2.71 bits per heavy atom. The lowest BCUT2D eigenvalue weighted by Gasteiger charge is -2.18. The summed E-state index contributed by atoms with van der Waals surface area (Å²) in [5, 5.41) is 8.69. The molecule has 1 saturated carbocycles. The number of carbonyl (C=O) groups excluding carboxylic acids is 1. The van der Waals surface area contributed by atoms with Crippen molar-refractivity contribution in [2.24, 2.45) is 18.4 Å². The number of ether oxygens (including phenoxy) is 1. The highest BCUT2D eigenvalue weighted by atomic mass is 16.5. The van der Waals surface area contributed by atoms with E-state index >= 15 is 0 Å². The number of rotatable bonds is 5. The number of hydrogen-bond donors (Lipinski definition) is 1. The van der Waals surface area contributed by atoms with Gasteiger partial charge in [-0.2, -0.15) is 5.10 Å². The van der Waals surface area contributed by atoms with Crippen LogP contribution in [0.5, 0.6) is 5.75 Å². The third-order valence-electron chi connectivity index (χ3n) is 7.10. The molecule has 1 amide bonds. The van der Waals surface area contributed by atoms with Gasteiger partial charge in [0.25, 0.3) is 0 Å². The molecule has 1 N–H and O–H groups in total. The summed E-state index contributed by atoms with van der Waals surface area (Å²) in [6.45, 7) is 1.77. The van der Waals surface area contributed by atoms with Gasteiger partial charge in [-0.15, -0.1) is 0 Å². The summed E-state index contributed by atoms with van der Waals surface area (Å²) < 4.78 is 7.42. The summed E-state index contributed by atoms with van der Waals surface area (Å²) in [5.41, 5.74) is 4.62. The van der Waals surface area contributed by atoms with Gasteiger partial charge in [0.2, 0.25) is 5.91 Å². The quantitative estimate of drug-likeness (QED) is 0.496. The first-order valence-electron chi connectivity index (χ1n) is 11.4. The van der Waals surface area contributed by atoms with Crippen molar-refractivity contribution in [1.82, 2.24) is 24.6 Å². The zero-order chi connectivity index (χ0) is 23.4. The molecule has 6 rings (SSSR count). The fourth-order valence-electron chi connectivity index (χ4n) is 5.37. The maximum Gasteiger partial charge on any atom is 0.232 e. The smallest absolute Gasteiger partial charge is 0.232 e. The van der Waals surface area contributed by atoms with Crippen LogP contribution < -0.4 is 10.1 Å². The molecule has 2 aliphatic rings. The molecule has 8 heteroatoms. The second-order valence-electron chi connectivity index (χ2n) is 9.43. The van der Waals surface area contributed by atoms with Gasteiger partial charge < -0.3 is 15.0 Å². The first-order chi connectivity index (χ1) is 16.5. The molecule has 2 aromatic heterocycles. The van der Waals surface area contributed by atoms with E-state index in [4.69, 9.17) is 9.84 Å². The number of benzene rings is 2. The first kappa shape index (κ1) is 20.8. The average Bonchev–Trinajstić information content (AvgIpc) is 3.21. The topological polar surface area (TPSA) is 85.2 Å². The Morgan fingerprint density at radius 2 is 1.97 bits per heavy atom. The molecule has 3 heterocycles. The number of aryl methyl sites for hydroxylation is 1. The molecule has 8 nitrogen and oxygen atoms in total. The van der Waals surface area contributed by atoms with Gasteiger partial charge in [-0.3, -0.25) is 9.48 Å². The van der Waals surface area contributed by atoms with Gasteiger partial charge in [-0.1, -0.05) is 30.3 Å². The van der Waals surface area contributed by atoms with Crippen molar-refractivity contribution in [3.63, 3.8) is 0 Å². The van der Waals surface area contributed by atoms with Crippen molar-refractivity contribution in [3.05, 3.63) is 55.0 Å². The summed E-state index contributed by atoms with van der Waals surface area (Å²) in [5.74, 6) is 1.08. The number of carbonyl (C=O) groups is 1. The van der Waals surface area contributed by atoms with Crippen molar-refractivity contribution < 1.29 is 9.53 Å². The molecular formula is C26H26N6O2. The fourth-order valence-corrected chi connectivity index (χ4v) is 5.37. The highest BCUT2D eigenvalue weighted by Crippen LogP contribution is 2.58. The minimum atomic E-state index is -0.283. The van der Waals surface area contributed by atoms with E-state index in [1.165, 1.54) is 0 Å². The van der Waals surface area contributed by atoms with Crippen molar-refractivity contribution in [2.45, 2.75) is 6.42 Å². The zero-order valence-corrected chi connectivity index (χ0v) is 19.4. The van der Waals surface area contributed by atoms with Crippen molar-refractivity contribution in [1.29, 1.82) is 0 Å². The number of aromatic nitrogens is 4. The molecule has 34 heavy (non-hydrogen) atoms. The van der Waals surface area contributed by atoms with Gasteiger partial charge in [-0.25, -0.2) is 9.97 Å². The highest BCUT2D eigenvalue weighted by molar-refractivity contribution is 6.04. The molecular weight excluding hydrogens is 428 g/mol. The minimum absolute atomic E-state index is 0.0595. The number of fused-ring (bicyclic) bond motifs is 2. The highest BCUT2D eigenvalue weighted by Gasteiger charge is 2.64. The van der Waals surface area contributed by atoms with E-state index in [1.54, 1.807) is 18.1 Å². The number of piperidine rings is 1. The van der Waals surface area contributed by atoms with Gasteiger partial charge in [0, 0.05) is 48.9 Å². The molecule has 0 bridgehead atoms. The minimum Gasteiger partial charge on any atom is -0.494 e. The van der Waals surface area contributed by atoms with Crippen LogP contribution in [0.3, 0.4) is 0 Å². The van der Waals surface area contributed by atoms with Crippen LogP contribution in [0.4, 0.5) is 5.69 Å². The standard InChI is InChI=1S/C26H26N6O2/c1-31-12-17-11-26(17,14-31)25(33)29-21-9-18-20(10-22(21)34-3)27-15-28-24(18)19-13-32(2)30-23(19)16-7-5-4-6-8-16/h4-10,13,15,17H,11-12,14H2,1-3H3,(H,29,33)/t17-,26-/m1/s1. The van der Waals surface area contributed by atoms with Crippen LogP contribution in [-0.4, -0.2) is 57.8 Å². The van der Waals surface area contributed by atoms with Gasteiger partial charge >= 0.3 is 0 Å². The number of anilines is 1. The van der Waals surface area contributed by atoms with E-state index in [2.05, 4.69) is 27.2 Å². The molecule has 1 aliphatic carbocycles. The predicted molar refractivity (Wildman–Crippen MR) is 130 cm³/mol. The summed E-state index contributed by atoms with van der Waals surface area (Å²) in [6, 6.07) is 13.8. The normalized spacial score (nSPS) is 21.4. The van der Waals surface area contributed by atoms with Crippen LogP contribution in [0.15, 0.2) is 55.0 Å². The number of amides is 1. The van der Waals surface area contributed by atoms with Gasteiger partial charge in [0.05, 0.1) is 29.4 Å². The van der Waals surface area contributed by atoms with Crippen LogP contribution in [0.25, 0.3) is 33.4 Å². The van der Waals surface area contributed by atoms with E-state index in [-0.39, 0.29) is 11.3 Å². The number of hydrogen-bond acceptors (Lipinski definition) is 6. The van der Waals surface area contributed by atoms with Crippen LogP contribution >= 0.6 is 0 Å². The molecule has 0 radical (unpaired) electrons. The molecule has 4 aromatic rings. The third-order valence-corrected chi connectivity index (χ3v) is 7.10. The summed E-state index contributed by atoms with van der Waals surface area (Å²) >= 11 is 0. The van der Waals surface area contributed by atoms with E-state index in [9.17, 15) is 4.79 Å². The van der Waals surface area contributed by atoms with Crippen molar-refractivity contribution in [2.75, 3.05) is 32.6 Å². The lowest BCUT2D eigenvalue weighted by molar-refractivity contribution is -0.121. The largest absolute Gasteiger partial charge is 0.494 e. The molecule has 2 fully saturated rings. The molecule has 2 aromatic carbocycles. The summed E-state index contributed by atoms with van der Waals surface area (Å²) in [7, 11) is 5.58. The van der Waals surface area contributed by atoms with E-state index in [0.29, 0.717) is 17.4 Å². The first-order valence-corrected chi connectivity index (χ1v) is 11.4. The molecule has 0 spiro atoms. The lowest BCUT2D eigenvalue weighted by Crippen LogP contribution is -2.30. The maximum absolute atomic E-state index is 13.3. The summed E-state index contributed by atoms with van der Waals surface area (Å²) in [4.78, 5) is 24.6. The van der Waals surface area contributed by atoms with Crippen molar-refractivity contribution >= 4 is 22.5 Å². The van der Waals surface area contributed by atoms with Crippen LogP contribution in [-0.2, 0) is 11.8 Å². The monoisotopic (exact) mass is 454 g/mol. The van der Waals surface area contributed by atoms with Gasteiger partial charge in [0.15, 0.2) is 0 Å². The molecule has 1 aliphatic heterocycles. The Balaban J connectivity index is 1.45.